The zero-order valence-corrected chi connectivity index (χ0v) is 17.9. The van der Waals surface area contributed by atoms with E-state index in [1.807, 2.05) is 13.8 Å². The van der Waals surface area contributed by atoms with E-state index in [9.17, 15) is 14.4 Å². The fraction of sp³-hybridized carbons (Fsp3) is 0.278. The first-order valence-corrected chi connectivity index (χ1v) is 10.2. The molecular formula is C18H19BrClN3O3S. The lowest BCUT2D eigenvalue weighted by molar-refractivity contribution is -0.124. The Hall–Kier alpha value is -1.90. The maximum atomic E-state index is 12.5. The van der Waals surface area contributed by atoms with Crippen molar-refractivity contribution in [1.82, 2.24) is 16.2 Å². The number of carbonyl (C=O) groups is 3. The lowest BCUT2D eigenvalue weighted by Gasteiger charge is -2.20. The van der Waals surface area contributed by atoms with Crippen molar-refractivity contribution in [1.29, 1.82) is 0 Å². The summed E-state index contributed by atoms with van der Waals surface area (Å²) in [6, 6.07) is 8.97. The van der Waals surface area contributed by atoms with E-state index in [-0.39, 0.29) is 11.8 Å². The largest absolute Gasteiger partial charge is 0.340 e. The Balaban J connectivity index is 1.99. The molecule has 0 bridgehead atoms. The molecule has 6 nitrogen and oxygen atoms in total. The van der Waals surface area contributed by atoms with Crippen molar-refractivity contribution in [2.75, 3.05) is 0 Å². The third-order valence-electron chi connectivity index (χ3n) is 3.53. The summed E-state index contributed by atoms with van der Waals surface area (Å²) in [7, 11) is 0. The van der Waals surface area contributed by atoms with Crippen LogP contribution in [-0.4, -0.2) is 23.8 Å². The highest BCUT2D eigenvalue weighted by Crippen LogP contribution is 2.21. The zero-order chi connectivity index (χ0) is 20.0. The van der Waals surface area contributed by atoms with Gasteiger partial charge in [0.2, 0.25) is 0 Å². The van der Waals surface area contributed by atoms with Crippen LogP contribution in [0.5, 0.6) is 0 Å². The Bertz CT molecular complexity index is 824. The Morgan fingerprint density at radius 3 is 2.26 bits per heavy atom. The lowest BCUT2D eigenvalue weighted by Crippen LogP contribution is -2.52. The van der Waals surface area contributed by atoms with Gasteiger partial charge in [-0.15, -0.1) is 11.3 Å². The highest BCUT2D eigenvalue weighted by molar-refractivity contribution is 9.11. The smallest absolute Gasteiger partial charge is 0.279 e. The van der Waals surface area contributed by atoms with Crippen LogP contribution >= 0.6 is 38.9 Å². The SMILES string of the molecule is CC(C)CC(NC(=O)c1ccc(Cl)cc1)C(=O)NNC(=O)c1ccc(Br)s1. The molecule has 0 aliphatic rings. The van der Waals surface area contributed by atoms with Crippen LogP contribution in [0.3, 0.4) is 0 Å². The van der Waals surface area contributed by atoms with Crippen molar-refractivity contribution in [2.24, 2.45) is 5.92 Å². The fourth-order valence-electron chi connectivity index (χ4n) is 2.25. The minimum absolute atomic E-state index is 0.162. The van der Waals surface area contributed by atoms with Crippen LogP contribution in [0.15, 0.2) is 40.2 Å². The molecule has 1 aromatic heterocycles. The van der Waals surface area contributed by atoms with E-state index < -0.39 is 17.9 Å². The van der Waals surface area contributed by atoms with Crippen molar-refractivity contribution in [2.45, 2.75) is 26.3 Å². The molecule has 3 N–H and O–H groups in total. The average molecular weight is 473 g/mol. The van der Waals surface area contributed by atoms with E-state index in [1.165, 1.54) is 11.3 Å². The van der Waals surface area contributed by atoms with Crippen LogP contribution < -0.4 is 16.2 Å². The number of rotatable bonds is 6. The third kappa shape index (κ3) is 6.64. The second-order valence-electron chi connectivity index (χ2n) is 6.21. The van der Waals surface area contributed by atoms with Gasteiger partial charge in [0, 0.05) is 10.6 Å². The number of amides is 3. The topological polar surface area (TPSA) is 87.3 Å². The zero-order valence-electron chi connectivity index (χ0n) is 14.7. The lowest BCUT2D eigenvalue weighted by atomic mass is 10.0. The second kappa shape index (κ2) is 9.87. The quantitative estimate of drug-likeness (QED) is 0.559. The van der Waals surface area contributed by atoms with Crippen molar-refractivity contribution in [3.63, 3.8) is 0 Å². The molecular weight excluding hydrogens is 454 g/mol. The molecule has 2 aromatic rings. The molecule has 1 unspecified atom stereocenters. The van der Waals surface area contributed by atoms with Gasteiger partial charge in [0.1, 0.15) is 6.04 Å². The van der Waals surface area contributed by atoms with Gasteiger partial charge in [0.25, 0.3) is 17.7 Å². The average Bonchev–Trinajstić information content (AvgIpc) is 3.05. The van der Waals surface area contributed by atoms with E-state index in [1.54, 1.807) is 36.4 Å². The Kier molecular flexibility index (Phi) is 7.82. The summed E-state index contributed by atoms with van der Waals surface area (Å²) in [5.41, 5.74) is 5.14. The number of halogens is 2. The van der Waals surface area contributed by atoms with Crippen molar-refractivity contribution >= 4 is 56.6 Å². The standard InChI is InChI=1S/C18H19BrClN3O3S/c1-10(2)9-13(21-16(24)11-3-5-12(20)6-4-11)17(25)22-23-18(26)14-7-8-15(19)27-14/h3-8,10,13H,9H2,1-2H3,(H,21,24)(H,22,25)(H,23,26). The summed E-state index contributed by atoms with van der Waals surface area (Å²) in [4.78, 5) is 37.4. The third-order valence-corrected chi connectivity index (χ3v) is 5.41. The number of nitrogens with one attached hydrogen (secondary N) is 3. The number of benzene rings is 1. The van der Waals surface area contributed by atoms with Gasteiger partial charge in [-0.05, 0) is 64.7 Å². The Labute approximate surface area is 174 Å². The van der Waals surface area contributed by atoms with E-state index in [0.29, 0.717) is 21.9 Å². The molecule has 2 rings (SSSR count). The molecule has 1 aromatic carbocycles. The summed E-state index contributed by atoms with van der Waals surface area (Å²) < 4.78 is 0.812. The van der Waals surface area contributed by atoms with Crippen LogP contribution in [0.25, 0.3) is 0 Å². The number of thiophene rings is 1. The number of carbonyl (C=O) groups excluding carboxylic acids is 3. The van der Waals surface area contributed by atoms with Crippen molar-refractivity contribution in [3.05, 3.63) is 55.6 Å². The molecule has 1 atom stereocenters. The maximum absolute atomic E-state index is 12.5. The van der Waals surface area contributed by atoms with E-state index in [2.05, 4.69) is 32.1 Å². The van der Waals surface area contributed by atoms with Gasteiger partial charge < -0.3 is 5.32 Å². The minimum atomic E-state index is -0.788. The molecule has 0 saturated carbocycles. The number of hydrogen-bond donors (Lipinski definition) is 3. The van der Waals surface area contributed by atoms with Gasteiger partial charge in [-0.3, -0.25) is 25.2 Å². The molecule has 0 saturated heterocycles. The minimum Gasteiger partial charge on any atom is -0.340 e. The molecule has 0 aliphatic carbocycles. The summed E-state index contributed by atoms with van der Waals surface area (Å²) >= 11 is 10.4. The molecule has 9 heteroatoms. The molecule has 3 amide bonds. The summed E-state index contributed by atoms with van der Waals surface area (Å²) in [5, 5.41) is 3.22. The highest BCUT2D eigenvalue weighted by Gasteiger charge is 2.23. The van der Waals surface area contributed by atoms with Gasteiger partial charge in [-0.2, -0.15) is 0 Å². The van der Waals surface area contributed by atoms with Crippen LogP contribution in [0, 0.1) is 5.92 Å². The van der Waals surface area contributed by atoms with Gasteiger partial charge in [0.05, 0.1) is 8.66 Å². The Morgan fingerprint density at radius 1 is 1.04 bits per heavy atom. The van der Waals surface area contributed by atoms with E-state index in [0.717, 1.165) is 3.79 Å². The van der Waals surface area contributed by atoms with Crippen molar-refractivity contribution < 1.29 is 14.4 Å². The highest BCUT2D eigenvalue weighted by atomic mass is 79.9. The summed E-state index contributed by atoms with van der Waals surface area (Å²) in [6.45, 7) is 3.88. The maximum Gasteiger partial charge on any atom is 0.279 e. The first kappa shape index (κ1) is 21.4. The molecule has 0 aliphatic heterocycles. The first-order chi connectivity index (χ1) is 12.8. The molecule has 0 fully saturated rings. The van der Waals surface area contributed by atoms with E-state index >= 15 is 0 Å². The number of hydrazine groups is 1. The van der Waals surface area contributed by atoms with E-state index in [4.69, 9.17) is 11.6 Å². The predicted molar refractivity (Wildman–Crippen MR) is 110 cm³/mol. The predicted octanol–water partition coefficient (Wildman–Crippen LogP) is 3.77. The van der Waals surface area contributed by atoms with Crippen LogP contribution in [-0.2, 0) is 4.79 Å². The molecule has 0 radical (unpaired) electrons. The molecule has 1 heterocycles. The normalized spacial score (nSPS) is 11.7. The van der Waals surface area contributed by atoms with Gasteiger partial charge in [-0.1, -0.05) is 25.4 Å². The van der Waals surface area contributed by atoms with Crippen molar-refractivity contribution in [3.8, 4) is 0 Å². The monoisotopic (exact) mass is 471 g/mol. The summed E-state index contributed by atoms with van der Waals surface area (Å²) in [5.74, 6) is -1.14. The number of hydrogen-bond acceptors (Lipinski definition) is 4. The molecule has 144 valence electrons. The van der Waals surface area contributed by atoms with Gasteiger partial charge in [-0.25, -0.2) is 0 Å². The van der Waals surface area contributed by atoms with Gasteiger partial charge in [0.15, 0.2) is 0 Å². The van der Waals surface area contributed by atoms with Gasteiger partial charge >= 0.3 is 0 Å². The Morgan fingerprint density at radius 2 is 1.70 bits per heavy atom. The fourth-order valence-corrected chi connectivity index (χ4v) is 3.66. The van der Waals surface area contributed by atoms with Crippen LogP contribution in [0.4, 0.5) is 0 Å². The molecule has 0 spiro atoms. The van der Waals surface area contributed by atoms with Crippen LogP contribution in [0.2, 0.25) is 5.02 Å². The molecule has 27 heavy (non-hydrogen) atoms. The second-order valence-corrected chi connectivity index (χ2v) is 9.11. The first-order valence-electron chi connectivity index (χ1n) is 8.18. The van der Waals surface area contributed by atoms with Crippen LogP contribution in [0.1, 0.15) is 40.3 Å². The summed E-state index contributed by atoms with van der Waals surface area (Å²) in [6.07, 6.45) is 0.422.